The molecule has 0 bridgehead atoms. The monoisotopic (exact) mass is 480 g/mol. The van der Waals surface area contributed by atoms with Crippen molar-refractivity contribution in [2.75, 3.05) is 7.11 Å². The van der Waals surface area contributed by atoms with Crippen LogP contribution in [-0.2, 0) is 14.3 Å². The Kier molecular flexibility index (Phi) is 5.64. The van der Waals surface area contributed by atoms with Crippen LogP contribution in [0.25, 0.3) is 0 Å². The van der Waals surface area contributed by atoms with Gasteiger partial charge in [-0.2, -0.15) is 5.01 Å². The molecule has 27 heavy (non-hydrogen) atoms. The maximum Gasteiger partial charge on any atom is 0.308 e. The first-order chi connectivity index (χ1) is 12.9. The Labute approximate surface area is 170 Å². The van der Waals surface area contributed by atoms with Crippen molar-refractivity contribution < 1.29 is 23.8 Å². The molecule has 1 heterocycles. The zero-order valence-electron chi connectivity index (χ0n) is 14.9. The molecule has 2 aromatic rings. The summed E-state index contributed by atoms with van der Waals surface area (Å²) in [7, 11) is 1.47. The standard InChI is InChI=1S/C19H17IN2O5/c1-11(23)22-19(14-5-4-6-15(20)9-14)27-18(21-22)13-7-8-16(26-12(2)24)17(10-13)25-3/h4-10,19H,1-3H3/t19-/m0/s1. The zero-order chi connectivity index (χ0) is 19.6. The van der Waals surface area contributed by atoms with Crippen LogP contribution in [-0.4, -0.2) is 29.9 Å². The lowest BCUT2D eigenvalue weighted by molar-refractivity contribution is -0.135. The number of carbonyl (C=O) groups excluding carboxylic acids is 2. The van der Waals surface area contributed by atoms with Gasteiger partial charge in [-0.3, -0.25) is 9.59 Å². The number of benzene rings is 2. The fourth-order valence-electron chi connectivity index (χ4n) is 2.60. The molecule has 2 aromatic carbocycles. The fraction of sp³-hybridized carbons (Fsp3) is 0.211. The van der Waals surface area contributed by atoms with E-state index in [1.54, 1.807) is 18.2 Å². The van der Waals surface area contributed by atoms with E-state index in [2.05, 4.69) is 27.7 Å². The Morgan fingerprint density at radius 1 is 1.15 bits per heavy atom. The maximum absolute atomic E-state index is 12.0. The Balaban J connectivity index is 1.94. The zero-order valence-corrected chi connectivity index (χ0v) is 17.1. The van der Waals surface area contributed by atoms with E-state index < -0.39 is 12.2 Å². The molecule has 0 aliphatic carbocycles. The predicted octanol–water partition coefficient (Wildman–Crippen LogP) is 3.46. The van der Waals surface area contributed by atoms with Crippen LogP contribution in [0.2, 0.25) is 0 Å². The van der Waals surface area contributed by atoms with Crippen LogP contribution < -0.4 is 9.47 Å². The van der Waals surface area contributed by atoms with E-state index in [4.69, 9.17) is 14.2 Å². The fourth-order valence-corrected chi connectivity index (χ4v) is 3.17. The summed E-state index contributed by atoms with van der Waals surface area (Å²) in [6.07, 6.45) is -0.647. The highest BCUT2D eigenvalue weighted by Crippen LogP contribution is 2.34. The minimum Gasteiger partial charge on any atom is -0.493 e. The number of rotatable bonds is 4. The summed E-state index contributed by atoms with van der Waals surface area (Å²) in [5.41, 5.74) is 1.42. The van der Waals surface area contributed by atoms with Crippen molar-refractivity contribution in [3.8, 4) is 11.5 Å². The molecule has 0 saturated heterocycles. The highest BCUT2D eigenvalue weighted by atomic mass is 127. The second-order valence-corrected chi connectivity index (χ2v) is 7.00. The van der Waals surface area contributed by atoms with E-state index in [0.29, 0.717) is 17.1 Å². The minimum absolute atomic E-state index is 0.239. The topological polar surface area (TPSA) is 77.4 Å². The van der Waals surface area contributed by atoms with Crippen LogP contribution in [0.15, 0.2) is 47.6 Å². The van der Waals surface area contributed by atoms with E-state index >= 15 is 0 Å². The quantitative estimate of drug-likeness (QED) is 0.381. The van der Waals surface area contributed by atoms with Gasteiger partial charge in [0, 0.05) is 28.5 Å². The molecule has 1 aliphatic rings. The lowest BCUT2D eigenvalue weighted by Crippen LogP contribution is -2.25. The van der Waals surface area contributed by atoms with Crippen LogP contribution in [0.1, 0.15) is 31.2 Å². The van der Waals surface area contributed by atoms with Crippen LogP contribution >= 0.6 is 22.6 Å². The molecule has 1 amide bonds. The highest BCUT2D eigenvalue weighted by molar-refractivity contribution is 14.1. The van der Waals surface area contributed by atoms with Crippen molar-refractivity contribution in [2.24, 2.45) is 5.10 Å². The van der Waals surface area contributed by atoms with Crippen molar-refractivity contribution in [2.45, 2.75) is 20.1 Å². The molecule has 8 heteroatoms. The summed E-state index contributed by atoms with van der Waals surface area (Å²) in [4.78, 5) is 23.2. The van der Waals surface area contributed by atoms with Gasteiger partial charge in [0.2, 0.25) is 18.0 Å². The molecule has 3 rings (SSSR count). The van der Waals surface area contributed by atoms with Gasteiger partial charge in [0.15, 0.2) is 11.5 Å². The molecule has 7 nitrogen and oxygen atoms in total. The third kappa shape index (κ3) is 4.21. The van der Waals surface area contributed by atoms with Gasteiger partial charge in [0.05, 0.1) is 7.11 Å². The molecule has 0 aromatic heterocycles. The van der Waals surface area contributed by atoms with Crippen molar-refractivity contribution in [3.05, 3.63) is 57.2 Å². The van der Waals surface area contributed by atoms with E-state index in [1.807, 2.05) is 24.3 Å². The Bertz CT molecular complexity index is 928. The third-order valence-corrected chi connectivity index (χ3v) is 4.44. The Morgan fingerprint density at radius 2 is 1.93 bits per heavy atom. The van der Waals surface area contributed by atoms with Gasteiger partial charge in [-0.25, -0.2) is 0 Å². The molecule has 0 radical (unpaired) electrons. The highest BCUT2D eigenvalue weighted by Gasteiger charge is 2.33. The van der Waals surface area contributed by atoms with Crippen LogP contribution in [0.4, 0.5) is 0 Å². The largest absolute Gasteiger partial charge is 0.493 e. The van der Waals surface area contributed by atoms with E-state index in [0.717, 1.165) is 9.13 Å². The average Bonchev–Trinajstić information content (AvgIpc) is 3.07. The molecule has 140 valence electrons. The van der Waals surface area contributed by atoms with E-state index in [1.165, 1.54) is 26.0 Å². The lowest BCUT2D eigenvalue weighted by atomic mass is 10.2. The van der Waals surface area contributed by atoms with Crippen LogP contribution in [0.5, 0.6) is 11.5 Å². The SMILES string of the molecule is COc1cc(C2=NN(C(C)=O)[C@H](c3cccc(I)c3)O2)ccc1OC(C)=O. The third-order valence-electron chi connectivity index (χ3n) is 3.76. The smallest absolute Gasteiger partial charge is 0.308 e. The normalized spacial score (nSPS) is 15.8. The number of halogens is 1. The molecule has 0 unspecified atom stereocenters. The molecule has 1 aliphatic heterocycles. The molecule has 0 saturated carbocycles. The molecular formula is C19H17IN2O5. The van der Waals surface area contributed by atoms with Gasteiger partial charge in [0.25, 0.3) is 0 Å². The number of hydrogen-bond acceptors (Lipinski definition) is 6. The molecule has 0 N–H and O–H groups in total. The molecule has 0 fully saturated rings. The number of amides is 1. The molecule has 1 atom stereocenters. The van der Waals surface area contributed by atoms with Crippen LogP contribution in [0.3, 0.4) is 0 Å². The van der Waals surface area contributed by atoms with Gasteiger partial charge in [0.1, 0.15) is 0 Å². The summed E-state index contributed by atoms with van der Waals surface area (Å²) in [6, 6.07) is 12.6. The van der Waals surface area contributed by atoms with Gasteiger partial charge in [-0.1, -0.05) is 12.1 Å². The second kappa shape index (κ2) is 7.95. The maximum atomic E-state index is 12.0. The van der Waals surface area contributed by atoms with E-state index in [-0.39, 0.29) is 11.8 Å². The average molecular weight is 480 g/mol. The second-order valence-electron chi connectivity index (χ2n) is 5.75. The van der Waals surface area contributed by atoms with Crippen molar-refractivity contribution in [3.63, 3.8) is 0 Å². The number of esters is 1. The Hall–Kier alpha value is -2.62. The van der Waals surface area contributed by atoms with Crippen molar-refractivity contribution >= 4 is 40.4 Å². The predicted molar refractivity (Wildman–Crippen MR) is 106 cm³/mol. The van der Waals surface area contributed by atoms with Crippen molar-refractivity contribution in [1.82, 2.24) is 5.01 Å². The summed E-state index contributed by atoms with van der Waals surface area (Å²) >= 11 is 2.20. The van der Waals surface area contributed by atoms with Gasteiger partial charge >= 0.3 is 5.97 Å². The van der Waals surface area contributed by atoms with Gasteiger partial charge in [-0.15, -0.1) is 5.10 Å². The first kappa shape index (κ1) is 19.2. The number of carbonyl (C=O) groups is 2. The summed E-state index contributed by atoms with van der Waals surface area (Å²) < 4.78 is 17.4. The number of hydrogen-bond donors (Lipinski definition) is 0. The number of hydrazone groups is 1. The van der Waals surface area contributed by atoms with Crippen LogP contribution in [0, 0.1) is 3.57 Å². The van der Waals surface area contributed by atoms with Crippen molar-refractivity contribution in [1.29, 1.82) is 0 Å². The number of nitrogens with zero attached hydrogens (tertiary/aromatic N) is 2. The minimum atomic E-state index is -0.647. The van der Waals surface area contributed by atoms with Gasteiger partial charge in [-0.05, 0) is 52.9 Å². The molecular weight excluding hydrogens is 463 g/mol. The summed E-state index contributed by atoms with van der Waals surface area (Å²) in [5.74, 6) is 0.252. The summed E-state index contributed by atoms with van der Waals surface area (Å²) in [6.45, 7) is 2.75. The number of ether oxygens (including phenoxy) is 3. The van der Waals surface area contributed by atoms with E-state index in [9.17, 15) is 9.59 Å². The Morgan fingerprint density at radius 3 is 2.56 bits per heavy atom. The first-order valence-electron chi connectivity index (χ1n) is 8.06. The molecule has 0 spiro atoms. The lowest BCUT2D eigenvalue weighted by Gasteiger charge is -2.19. The first-order valence-corrected chi connectivity index (χ1v) is 9.14. The summed E-state index contributed by atoms with van der Waals surface area (Å²) in [5, 5.41) is 5.62. The van der Waals surface area contributed by atoms with Gasteiger partial charge < -0.3 is 14.2 Å². The number of methoxy groups -OCH3 is 1.